The van der Waals surface area contributed by atoms with E-state index in [1.54, 1.807) is 0 Å². The quantitative estimate of drug-likeness (QED) is 0.331. The van der Waals surface area contributed by atoms with Crippen LogP contribution in [0.3, 0.4) is 0 Å². The van der Waals surface area contributed by atoms with Crippen LogP contribution in [0.2, 0.25) is 0 Å². The molecule has 1 heterocycles. The number of halogens is 12. The average Bonchev–Trinajstić information content (AvgIpc) is 2.49. The van der Waals surface area contributed by atoms with Gasteiger partial charge in [0, 0.05) is 6.08 Å². The Kier molecular flexibility index (Phi) is 5.25. The summed E-state index contributed by atoms with van der Waals surface area (Å²) in [6, 6.07) is -0.317. The molecule has 170 valence electrons. The van der Waals surface area contributed by atoms with Crippen LogP contribution in [0.1, 0.15) is 11.1 Å². The summed E-state index contributed by atoms with van der Waals surface area (Å²) in [5.41, 5.74) is -15.0. The lowest BCUT2D eigenvalue weighted by Crippen LogP contribution is -2.60. The summed E-state index contributed by atoms with van der Waals surface area (Å²) in [4.78, 5) is 0. The molecule has 0 radical (unpaired) electrons. The van der Waals surface area contributed by atoms with Gasteiger partial charge in [-0.25, -0.2) is 0 Å². The van der Waals surface area contributed by atoms with Crippen molar-refractivity contribution in [1.29, 1.82) is 0 Å². The smallest absolute Gasteiger partial charge is 0.464 e. The summed E-state index contributed by atoms with van der Waals surface area (Å²) >= 11 is 0. The highest BCUT2D eigenvalue weighted by Gasteiger charge is 2.74. The van der Waals surface area contributed by atoms with Gasteiger partial charge in [0.15, 0.2) is 5.76 Å². The van der Waals surface area contributed by atoms with Crippen LogP contribution in [0.25, 0.3) is 5.76 Å². The van der Waals surface area contributed by atoms with E-state index in [0.717, 1.165) is 0 Å². The summed E-state index contributed by atoms with van der Waals surface area (Å²) < 4.78 is 184. The molecule has 1 aliphatic heterocycles. The van der Waals surface area contributed by atoms with Crippen molar-refractivity contribution in [2.75, 3.05) is 0 Å². The fourth-order valence-electron chi connectivity index (χ4n) is 2.13. The van der Waals surface area contributed by atoms with E-state index in [9.17, 15) is 61.1 Å². The normalized spacial score (nSPS) is 17.7. The molecule has 0 aromatic heterocycles. The second-order valence-electron chi connectivity index (χ2n) is 5.53. The molecule has 1 aliphatic rings. The van der Waals surface area contributed by atoms with Gasteiger partial charge in [0.05, 0.1) is 11.1 Å². The van der Waals surface area contributed by atoms with Crippen LogP contribution in [-0.4, -0.2) is 31.9 Å². The molecular weight excluding hydrogens is 480 g/mol. The van der Waals surface area contributed by atoms with Crippen LogP contribution in [0.4, 0.5) is 52.7 Å². The molecule has 0 atom stereocenters. The lowest BCUT2D eigenvalue weighted by atomic mass is 9.94. The zero-order chi connectivity index (χ0) is 23.6. The van der Waals surface area contributed by atoms with E-state index in [2.05, 4.69) is 8.92 Å². The fourth-order valence-corrected chi connectivity index (χ4v) is 2.60. The topological polar surface area (TPSA) is 52.6 Å². The first-order valence-electron chi connectivity index (χ1n) is 6.90. The van der Waals surface area contributed by atoms with Crippen molar-refractivity contribution in [3.05, 3.63) is 35.4 Å². The minimum Gasteiger partial charge on any atom is -0.464 e. The molecular formula is C13H4F12O4S. The second-order valence-corrected chi connectivity index (χ2v) is 7.07. The largest absolute Gasteiger partial charge is 0.534 e. The second kappa shape index (κ2) is 6.58. The van der Waals surface area contributed by atoms with Crippen LogP contribution in [0, 0.1) is 0 Å². The standard InChI is InChI=1S/C13H4F12O4S/c14-10(15,16)5-1-2-7-6(3-5)8(29-30(26,27)13(23,24)25)4-9(28-7,11(17,18)19)12(20,21)22/h1-4H. The third-order valence-corrected chi connectivity index (χ3v) is 4.47. The van der Waals surface area contributed by atoms with E-state index >= 15 is 0 Å². The van der Waals surface area contributed by atoms with Gasteiger partial charge < -0.3 is 8.92 Å². The highest BCUT2D eigenvalue weighted by atomic mass is 32.2. The molecule has 4 nitrogen and oxygen atoms in total. The van der Waals surface area contributed by atoms with Crippen LogP contribution in [-0.2, 0) is 20.5 Å². The number of hydrogen-bond donors (Lipinski definition) is 0. The van der Waals surface area contributed by atoms with Crippen molar-refractivity contribution in [3.8, 4) is 5.75 Å². The van der Waals surface area contributed by atoms with Crippen molar-refractivity contribution in [2.24, 2.45) is 0 Å². The highest BCUT2D eigenvalue weighted by molar-refractivity contribution is 7.87. The fraction of sp³-hybridized carbons (Fsp3) is 0.385. The first kappa shape index (κ1) is 23.9. The van der Waals surface area contributed by atoms with Crippen molar-refractivity contribution in [2.45, 2.75) is 29.6 Å². The summed E-state index contributed by atoms with van der Waals surface area (Å²) in [5, 5.41) is 0. The van der Waals surface area contributed by atoms with Crippen molar-refractivity contribution in [3.63, 3.8) is 0 Å². The van der Waals surface area contributed by atoms with Gasteiger partial charge in [-0.15, -0.1) is 0 Å². The maximum absolute atomic E-state index is 13.2. The first-order valence-corrected chi connectivity index (χ1v) is 8.31. The average molecular weight is 484 g/mol. The van der Waals surface area contributed by atoms with Gasteiger partial charge in [-0.1, -0.05) is 0 Å². The van der Waals surface area contributed by atoms with Gasteiger partial charge in [-0.05, 0) is 18.2 Å². The Labute approximate surface area is 157 Å². The zero-order valence-corrected chi connectivity index (χ0v) is 14.2. The molecule has 0 N–H and O–H groups in total. The van der Waals surface area contributed by atoms with E-state index in [-0.39, 0.29) is 18.2 Å². The van der Waals surface area contributed by atoms with Crippen LogP contribution in [0.15, 0.2) is 24.3 Å². The molecule has 0 amide bonds. The summed E-state index contributed by atoms with van der Waals surface area (Å²) in [6.07, 6.45) is -19.4. The number of fused-ring (bicyclic) bond motifs is 1. The predicted molar refractivity (Wildman–Crippen MR) is 70.9 cm³/mol. The van der Waals surface area contributed by atoms with E-state index in [1.807, 2.05) is 0 Å². The molecule has 1 aromatic carbocycles. The Hall–Kier alpha value is -2.33. The van der Waals surface area contributed by atoms with Crippen LogP contribution < -0.4 is 4.74 Å². The van der Waals surface area contributed by atoms with Crippen molar-refractivity contribution in [1.82, 2.24) is 0 Å². The first-order chi connectivity index (χ1) is 13.1. The van der Waals surface area contributed by atoms with Gasteiger partial charge in [-0.2, -0.15) is 61.1 Å². The number of ether oxygens (including phenoxy) is 1. The molecule has 0 unspecified atom stereocenters. The monoisotopic (exact) mass is 484 g/mol. The van der Waals surface area contributed by atoms with Crippen LogP contribution in [0.5, 0.6) is 5.75 Å². The van der Waals surface area contributed by atoms with Gasteiger partial charge in [0.25, 0.3) is 0 Å². The maximum Gasteiger partial charge on any atom is 0.534 e. The molecule has 0 fully saturated rings. The highest BCUT2D eigenvalue weighted by Crippen LogP contribution is 2.53. The number of alkyl halides is 12. The van der Waals surface area contributed by atoms with Gasteiger partial charge in [0.1, 0.15) is 5.75 Å². The molecule has 0 spiro atoms. The summed E-state index contributed by atoms with van der Waals surface area (Å²) in [7, 11) is -6.87. The Morgan fingerprint density at radius 2 is 1.33 bits per heavy atom. The van der Waals surface area contributed by atoms with E-state index < -0.39 is 68.5 Å². The Bertz CT molecular complexity index is 952. The van der Waals surface area contributed by atoms with E-state index in [0.29, 0.717) is 0 Å². The van der Waals surface area contributed by atoms with Gasteiger partial charge in [-0.3, -0.25) is 0 Å². The number of rotatable bonds is 2. The summed E-state index contributed by atoms with van der Waals surface area (Å²) in [6.45, 7) is 0. The van der Waals surface area contributed by atoms with Crippen molar-refractivity contribution >= 4 is 15.9 Å². The maximum atomic E-state index is 13.2. The Morgan fingerprint density at radius 3 is 1.73 bits per heavy atom. The molecule has 30 heavy (non-hydrogen) atoms. The van der Waals surface area contributed by atoms with E-state index in [1.165, 1.54) is 0 Å². The van der Waals surface area contributed by atoms with Crippen LogP contribution >= 0.6 is 0 Å². The molecule has 1 aromatic rings. The third-order valence-electron chi connectivity index (χ3n) is 3.50. The molecule has 0 saturated carbocycles. The Morgan fingerprint density at radius 1 is 0.833 bits per heavy atom. The third kappa shape index (κ3) is 3.98. The number of hydrogen-bond acceptors (Lipinski definition) is 4. The van der Waals surface area contributed by atoms with Gasteiger partial charge >= 0.3 is 39.8 Å². The molecule has 0 aliphatic carbocycles. The van der Waals surface area contributed by atoms with E-state index in [4.69, 9.17) is 0 Å². The number of benzene rings is 1. The minimum atomic E-state index is -6.87. The minimum absolute atomic E-state index is 0.0302. The van der Waals surface area contributed by atoms with Gasteiger partial charge in [0.2, 0.25) is 0 Å². The Balaban J connectivity index is 2.85. The molecule has 0 saturated heterocycles. The predicted octanol–water partition coefficient (Wildman–Crippen LogP) is 5.17. The van der Waals surface area contributed by atoms with Crippen molar-refractivity contribution < 1.29 is 70.0 Å². The summed E-state index contributed by atoms with van der Waals surface area (Å²) in [5.74, 6) is -3.97. The molecule has 2 rings (SSSR count). The SMILES string of the molecule is O=S(=O)(OC1=CC(C(F)(F)F)(C(F)(F)F)Oc2ccc(C(F)(F)F)cc21)C(F)(F)F. The lowest BCUT2D eigenvalue weighted by Gasteiger charge is -2.38. The molecule has 17 heteroatoms. The lowest BCUT2D eigenvalue weighted by molar-refractivity contribution is -0.338. The molecule has 0 bridgehead atoms. The zero-order valence-electron chi connectivity index (χ0n) is 13.4.